The smallest absolute Gasteiger partial charge is 0.253 e. The zero-order valence-electron chi connectivity index (χ0n) is 13.0. The summed E-state index contributed by atoms with van der Waals surface area (Å²) in [5, 5.41) is 0. The van der Waals surface area contributed by atoms with Crippen molar-refractivity contribution < 1.29 is 4.79 Å². The number of nitrogen functional groups attached to an aromatic ring is 1. The van der Waals surface area contributed by atoms with E-state index in [-0.39, 0.29) is 5.91 Å². The van der Waals surface area contributed by atoms with Crippen LogP contribution in [0.3, 0.4) is 0 Å². The van der Waals surface area contributed by atoms with Crippen LogP contribution in [0.4, 0.5) is 11.4 Å². The Morgan fingerprint density at radius 1 is 1.24 bits per heavy atom. The number of fused-ring (bicyclic) bond motifs is 1. The number of hydrogen-bond acceptors (Lipinski definition) is 3. The molecule has 0 radical (unpaired) electrons. The number of nitrogens with two attached hydrogens (primary N) is 1. The predicted molar refractivity (Wildman–Crippen MR) is 86.6 cm³/mol. The molecule has 4 heteroatoms. The summed E-state index contributed by atoms with van der Waals surface area (Å²) in [6.07, 6.45) is 6.62. The molecule has 4 nitrogen and oxygen atoms in total. The van der Waals surface area contributed by atoms with Gasteiger partial charge in [-0.05, 0) is 43.4 Å². The van der Waals surface area contributed by atoms with Crippen molar-refractivity contribution in [1.29, 1.82) is 0 Å². The summed E-state index contributed by atoms with van der Waals surface area (Å²) < 4.78 is 0. The molecule has 2 aliphatic rings. The van der Waals surface area contributed by atoms with Gasteiger partial charge in [0.15, 0.2) is 0 Å². The van der Waals surface area contributed by atoms with Crippen LogP contribution in [0.1, 0.15) is 42.5 Å². The quantitative estimate of drug-likeness (QED) is 0.851. The summed E-state index contributed by atoms with van der Waals surface area (Å²) in [6.45, 7) is 1.10. The van der Waals surface area contributed by atoms with Crippen LogP contribution in [0.15, 0.2) is 18.2 Å². The average Bonchev–Trinajstić information content (AvgIpc) is 2.90. The van der Waals surface area contributed by atoms with Gasteiger partial charge in [0.25, 0.3) is 5.91 Å². The van der Waals surface area contributed by atoms with E-state index in [0.29, 0.717) is 11.6 Å². The van der Waals surface area contributed by atoms with E-state index in [2.05, 4.69) is 4.90 Å². The average molecular weight is 287 g/mol. The Morgan fingerprint density at radius 2 is 2.00 bits per heavy atom. The maximum absolute atomic E-state index is 12.0. The molecular formula is C17H25N3O. The first kappa shape index (κ1) is 14.2. The van der Waals surface area contributed by atoms with Crippen LogP contribution in [0.2, 0.25) is 0 Å². The van der Waals surface area contributed by atoms with E-state index in [1.807, 2.05) is 18.2 Å². The van der Waals surface area contributed by atoms with Crippen molar-refractivity contribution in [3.63, 3.8) is 0 Å². The normalized spacial score (nSPS) is 24.8. The van der Waals surface area contributed by atoms with Gasteiger partial charge in [0.05, 0.1) is 11.4 Å². The number of amides is 1. The van der Waals surface area contributed by atoms with Gasteiger partial charge in [-0.2, -0.15) is 0 Å². The molecule has 1 aromatic carbocycles. The molecule has 1 heterocycles. The number of anilines is 2. The van der Waals surface area contributed by atoms with E-state index in [9.17, 15) is 4.79 Å². The van der Waals surface area contributed by atoms with Gasteiger partial charge in [-0.25, -0.2) is 0 Å². The molecule has 1 amide bonds. The summed E-state index contributed by atoms with van der Waals surface area (Å²) >= 11 is 0. The Hall–Kier alpha value is -1.71. The summed E-state index contributed by atoms with van der Waals surface area (Å²) in [5.41, 5.74) is 8.76. The van der Waals surface area contributed by atoms with Crippen molar-refractivity contribution in [3.05, 3.63) is 23.8 Å². The minimum atomic E-state index is 0.00483. The van der Waals surface area contributed by atoms with Crippen LogP contribution in [0.25, 0.3) is 0 Å². The fourth-order valence-electron chi connectivity index (χ4n) is 3.91. The Kier molecular flexibility index (Phi) is 3.79. The highest BCUT2D eigenvalue weighted by atomic mass is 16.2. The summed E-state index contributed by atoms with van der Waals surface area (Å²) in [7, 11) is 3.53. The lowest BCUT2D eigenvalue weighted by molar-refractivity contribution is 0.0827. The first-order chi connectivity index (χ1) is 10.1. The molecule has 2 unspecified atom stereocenters. The lowest BCUT2D eigenvalue weighted by atomic mass is 9.85. The number of nitrogens with zero attached hydrogens (tertiary/aromatic N) is 2. The van der Waals surface area contributed by atoms with Crippen LogP contribution < -0.4 is 10.6 Å². The molecular weight excluding hydrogens is 262 g/mol. The van der Waals surface area contributed by atoms with E-state index >= 15 is 0 Å². The lowest BCUT2D eigenvalue weighted by Crippen LogP contribution is -2.35. The van der Waals surface area contributed by atoms with E-state index in [4.69, 9.17) is 5.73 Å². The number of carbonyl (C=O) groups excluding carboxylic acids is 1. The Balaban J connectivity index is 1.84. The largest absolute Gasteiger partial charge is 0.397 e. The fraction of sp³-hybridized carbons (Fsp3) is 0.588. The van der Waals surface area contributed by atoms with Crippen LogP contribution in [-0.2, 0) is 0 Å². The Labute approximate surface area is 126 Å². The maximum Gasteiger partial charge on any atom is 0.253 e. The highest BCUT2D eigenvalue weighted by Crippen LogP contribution is 2.40. The molecule has 1 aliphatic carbocycles. The van der Waals surface area contributed by atoms with E-state index < -0.39 is 0 Å². The molecule has 0 spiro atoms. The second-order valence-corrected chi connectivity index (χ2v) is 6.57. The Morgan fingerprint density at radius 3 is 2.71 bits per heavy atom. The third-order valence-corrected chi connectivity index (χ3v) is 5.00. The predicted octanol–water partition coefficient (Wildman–Crippen LogP) is 2.74. The standard InChI is InChI=1S/C17H25N3O/c1-19(2)17(21)13-7-8-16(14(18)11-13)20-10-9-12-5-3-4-6-15(12)20/h7-8,11-12,15H,3-6,9-10,18H2,1-2H3. The highest BCUT2D eigenvalue weighted by Gasteiger charge is 2.36. The molecule has 1 saturated carbocycles. The van der Waals surface area contributed by atoms with Gasteiger partial charge in [0.2, 0.25) is 0 Å². The van der Waals surface area contributed by atoms with Crippen molar-refractivity contribution in [2.24, 2.45) is 5.92 Å². The van der Waals surface area contributed by atoms with Gasteiger partial charge < -0.3 is 15.5 Å². The summed E-state index contributed by atoms with van der Waals surface area (Å²) in [5.74, 6) is 0.839. The zero-order valence-corrected chi connectivity index (χ0v) is 13.0. The minimum absolute atomic E-state index is 0.00483. The third kappa shape index (κ3) is 2.59. The lowest BCUT2D eigenvalue weighted by Gasteiger charge is -2.34. The van der Waals surface area contributed by atoms with Crippen molar-refractivity contribution in [1.82, 2.24) is 4.90 Å². The van der Waals surface area contributed by atoms with Crippen LogP contribution >= 0.6 is 0 Å². The first-order valence-corrected chi connectivity index (χ1v) is 7.95. The SMILES string of the molecule is CN(C)C(=O)c1ccc(N2CCC3CCCCC32)c(N)c1. The molecule has 3 rings (SSSR count). The van der Waals surface area contributed by atoms with Gasteiger partial charge in [-0.1, -0.05) is 12.8 Å². The minimum Gasteiger partial charge on any atom is -0.397 e. The van der Waals surface area contributed by atoms with Crippen LogP contribution in [-0.4, -0.2) is 37.5 Å². The van der Waals surface area contributed by atoms with Crippen molar-refractivity contribution >= 4 is 17.3 Å². The Bertz CT molecular complexity index is 541. The van der Waals surface area contributed by atoms with E-state index in [1.165, 1.54) is 32.1 Å². The molecule has 1 saturated heterocycles. The van der Waals surface area contributed by atoms with Gasteiger partial charge in [-0.3, -0.25) is 4.79 Å². The van der Waals surface area contributed by atoms with Crippen molar-refractivity contribution in [3.8, 4) is 0 Å². The number of carbonyl (C=O) groups is 1. The van der Waals surface area contributed by atoms with Crippen molar-refractivity contribution in [2.45, 2.75) is 38.1 Å². The molecule has 2 fully saturated rings. The highest BCUT2D eigenvalue weighted by molar-refractivity contribution is 5.96. The monoisotopic (exact) mass is 287 g/mol. The summed E-state index contributed by atoms with van der Waals surface area (Å²) in [4.78, 5) is 16.1. The topological polar surface area (TPSA) is 49.6 Å². The molecule has 1 aromatic rings. The van der Waals surface area contributed by atoms with Crippen LogP contribution in [0, 0.1) is 5.92 Å². The molecule has 0 aromatic heterocycles. The van der Waals surface area contributed by atoms with Gasteiger partial charge >= 0.3 is 0 Å². The van der Waals surface area contributed by atoms with Crippen molar-refractivity contribution in [2.75, 3.05) is 31.3 Å². The maximum atomic E-state index is 12.0. The van der Waals surface area contributed by atoms with Crippen LogP contribution in [0.5, 0.6) is 0 Å². The van der Waals surface area contributed by atoms with Gasteiger partial charge in [0.1, 0.15) is 0 Å². The molecule has 2 N–H and O–H groups in total. The van der Waals surface area contributed by atoms with Gasteiger partial charge in [-0.15, -0.1) is 0 Å². The molecule has 114 valence electrons. The second-order valence-electron chi connectivity index (χ2n) is 6.57. The number of rotatable bonds is 2. The zero-order chi connectivity index (χ0) is 15.0. The van der Waals surface area contributed by atoms with E-state index in [0.717, 1.165) is 23.8 Å². The molecule has 21 heavy (non-hydrogen) atoms. The molecule has 1 aliphatic heterocycles. The fourth-order valence-corrected chi connectivity index (χ4v) is 3.91. The molecule has 2 atom stereocenters. The third-order valence-electron chi connectivity index (χ3n) is 5.00. The number of benzene rings is 1. The second kappa shape index (κ2) is 5.58. The first-order valence-electron chi connectivity index (χ1n) is 7.95. The number of hydrogen-bond donors (Lipinski definition) is 1. The summed E-state index contributed by atoms with van der Waals surface area (Å²) in [6, 6.07) is 6.41. The van der Waals surface area contributed by atoms with Gasteiger partial charge in [0, 0.05) is 32.2 Å². The molecule has 0 bridgehead atoms. The van der Waals surface area contributed by atoms with E-state index in [1.54, 1.807) is 19.0 Å².